The Labute approximate surface area is 174 Å². The topological polar surface area (TPSA) is 75.0 Å². The van der Waals surface area contributed by atoms with Gasteiger partial charge < -0.3 is 14.1 Å². The van der Waals surface area contributed by atoms with Gasteiger partial charge in [-0.3, -0.25) is 19.8 Å². The molecule has 0 unspecified atom stereocenters. The molecule has 0 atom stereocenters. The highest BCUT2D eigenvalue weighted by molar-refractivity contribution is 7.80. The Hall–Kier alpha value is -3.13. The zero-order valence-electron chi connectivity index (χ0n) is 16.6. The quantitative estimate of drug-likeness (QED) is 0.426. The van der Waals surface area contributed by atoms with Crippen LogP contribution in [0.1, 0.15) is 26.5 Å². The molecule has 0 spiro atoms. The summed E-state index contributed by atoms with van der Waals surface area (Å²) in [6.07, 6.45) is 1.44. The molecule has 0 aliphatic carbocycles. The predicted octanol–water partition coefficient (Wildman–Crippen LogP) is 3.36. The minimum absolute atomic E-state index is 0.0320. The lowest BCUT2D eigenvalue weighted by Gasteiger charge is -2.28. The van der Waals surface area contributed by atoms with E-state index in [-0.39, 0.29) is 10.7 Å². The molecule has 2 heterocycles. The van der Waals surface area contributed by atoms with Crippen molar-refractivity contribution in [3.05, 3.63) is 47.7 Å². The van der Waals surface area contributed by atoms with Gasteiger partial charge in [0, 0.05) is 19.2 Å². The van der Waals surface area contributed by atoms with Crippen molar-refractivity contribution in [2.24, 2.45) is 0 Å². The van der Waals surface area contributed by atoms with Gasteiger partial charge in [-0.2, -0.15) is 0 Å². The van der Waals surface area contributed by atoms with Crippen molar-refractivity contribution >= 4 is 46.8 Å². The van der Waals surface area contributed by atoms with Crippen LogP contribution < -0.4 is 19.9 Å². The second kappa shape index (κ2) is 8.91. The van der Waals surface area contributed by atoms with Gasteiger partial charge in [0.1, 0.15) is 17.1 Å². The van der Waals surface area contributed by atoms with E-state index in [1.165, 1.54) is 11.0 Å². The molecule has 3 rings (SSSR count). The van der Waals surface area contributed by atoms with Crippen LogP contribution in [0.3, 0.4) is 0 Å². The molecule has 0 radical (unpaired) electrons. The van der Waals surface area contributed by atoms with E-state index in [1.807, 2.05) is 31.7 Å². The molecule has 0 saturated carbocycles. The number of hydrogen-bond donors (Lipinski definition) is 1. The number of furan rings is 1. The van der Waals surface area contributed by atoms with E-state index in [9.17, 15) is 9.59 Å². The number of thiocarbonyl (C=S) groups is 1. The van der Waals surface area contributed by atoms with Crippen LogP contribution in [0.5, 0.6) is 5.75 Å². The summed E-state index contributed by atoms with van der Waals surface area (Å²) in [5.41, 5.74) is 0.491. The van der Waals surface area contributed by atoms with Gasteiger partial charge in [0.05, 0.1) is 12.3 Å². The first-order chi connectivity index (χ1) is 14.0. The molecule has 1 aliphatic heterocycles. The minimum atomic E-state index is -0.553. The van der Waals surface area contributed by atoms with Crippen molar-refractivity contribution in [2.45, 2.75) is 20.8 Å². The summed E-state index contributed by atoms with van der Waals surface area (Å²) in [6.45, 7) is 8.07. The Morgan fingerprint density at radius 3 is 2.41 bits per heavy atom. The third-order valence-corrected chi connectivity index (χ3v) is 4.77. The van der Waals surface area contributed by atoms with Gasteiger partial charge in [-0.1, -0.05) is 0 Å². The number of nitrogens with zero attached hydrogens (tertiary/aromatic N) is 2. The van der Waals surface area contributed by atoms with Gasteiger partial charge in [0.2, 0.25) is 0 Å². The average molecular weight is 413 g/mol. The number of ether oxygens (including phenoxy) is 1. The Morgan fingerprint density at radius 1 is 1.10 bits per heavy atom. The van der Waals surface area contributed by atoms with Crippen molar-refractivity contribution in [3.63, 3.8) is 0 Å². The molecule has 2 amide bonds. The predicted molar refractivity (Wildman–Crippen MR) is 116 cm³/mol. The lowest BCUT2D eigenvalue weighted by Crippen LogP contribution is -2.54. The van der Waals surface area contributed by atoms with E-state index in [2.05, 4.69) is 5.32 Å². The highest BCUT2D eigenvalue weighted by atomic mass is 32.1. The second-order valence-corrected chi connectivity index (χ2v) is 6.62. The standard InChI is InChI=1S/C21H23N3O4S/c1-4-23(5-2)18-12-11-16(28-18)13-17-19(25)22-21(29)24(20(17)26)14-7-9-15(10-8-14)27-6-3/h7-13H,4-6H2,1-3H3,(H,22,25,29)/b17-13+. The van der Waals surface area contributed by atoms with Crippen LogP contribution in [0.25, 0.3) is 6.08 Å². The number of rotatable bonds is 7. The fraction of sp³-hybridized carbons (Fsp3) is 0.286. The summed E-state index contributed by atoms with van der Waals surface area (Å²) in [4.78, 5) is 28.8. The maximum Gasteiger partial charge on any atom is 0.270 e. The molecule has 29 heavy (non-hydrogen) atoms. The number of benzene rings is 1. The van der Waals surface area contributed by atoms with Crippen molar-refractivity contribution in [3.8, 4) is 5.75 Å². The molecular formula is C21H23N3O4S. The van der Waals surface area contributed by atoms with Crippen LogP contribution in [0.15, 0.2) is 46.4 Å². The van der Waals surface area contributed by atoms with E-state index in [0.29, 0.717) is 29.7 Å². The van der Waals surface area contributed by atoms with E-state index in [4.69, 9.17) is 21.4 Å². The van der Waals surface area contributed by atoms with Gasteiger partial charge in [0.25, 0.3) is 11.8 Å². The van der Waals surface area contributed by atoms with Crippen molar-refractivity contribution in [1.82, 2.24) is 5.32 Å². The molecule has 0 bridgehead atoms. The Morgan fingerprint density at radius 2 is 1.79 bits per heavy atom. The Balaban J connectivity index is 1.89. The molecule has 152 valence electrons. The smallest absolute Gasteiger partial charge is 0.270 e. The SMILES string of the molecule is CCOc1ccc(N2C(=O)/C(=C/c3ccc(N(CC)CC)o3)C(=O)NC2=S)cc1. The number of hydrogen-bond acceptors (Lipinski definition) is 6. The molecule has 1 aromatic heterocycles. The molecule has 7 nitrogen and oxygen atoms in total. The first-order valence-corrected chi connectivity index (χ1v) is 9.88. The molecule has 1 aromatic carbocycles. The number of amides is 2. The van der Waals surface area contributed by atoms with Crippen molar-refractivity contribution < 1.29 is 18.7 Å². The maximum absolute atomic E-state index is 13.0. The fourth-order valence-corrected chi connectivity index (χ4v) is 3.30. The summed E-state index contributed by atoms with van der Waals surface area (Å²) >= 11 is 5.22. The average Bonchev–Trinajstić information content (AvgIpc) is 3.16. The minimum Gasteiger partial charge on any atom is -0.494 e. The highest BCUT2D eigenvalue weighted by Crippen LogP contribution is 2.26. The number of nitrogens with one attached hydrogen (secondary N) is 1. The van der Waals surface area contributed by atoms with Crippen LogP contribution in [0.2, 0.25) is 0 Å². The molecule has 1 saturated heterocycles. The zero-order chi connectivity index (χ0) is 21.0. The molecule has 8 heteroatoms. The summed E-state index contributed by atoms with van der Waals surface area (Å²) in [5, 5.41) is 2.60. The largest absolute Gasteiger partial charge is 0.494 e. The normalized spacial score (nSPS) is 15.6. The highest BCUT2D eigenvalue weighted by Gasteiger charge is 2.34. The lowest BCUT2D eigenvalue weighted by molar-refractivity contribution is -0.122. The van der Waals surface area contributed by atoms with Gasteiger partial charge in [-0.05, 0) is 69.4 Å². The van der Waals surface area contributed by atoms with Crippen LogP contribution >= 0.6 is 12.2 Å². The first-order valence-electron chi connectivity index (χ1n) is 9.47. The van der Waals surface area contributed by atoms with Gasteiger partial charge in [-0.25, -0.2) is 0 Å². The van der Waals surface area contributed by atoms with Crippen LogP contribution in [0.4, 0.5) is 11.6 Å². The van der Waals surface area contributed by atoms with Crippen LogP contribution in [0, 0.1) is 0 Å². The van der Waals surface area contributed by atoms with Crippen LogP contribution in [-0.2, 0) is 9.59 Å². The Bertz CT molecular complexity index is 945. The maximum atomic E-state index is 13.0. The summed E-state index contributed by atoms with van der Waals surface area (Å²) in [6, 6.07) is 10.5. The van der Waals surface area contributed by atoms with Crippen LogP contribution in [-0.4, -0.2) is 36.6 Å². The van der Waals surface area contributed by atoms with E-state index < -0.39 is 11.8 Å². The van der Waals surface area contributed by atoms with E-state index in [1.54, 1.807) is 30.3 Å². The van der Waals surface area contributed by atoms with Gasteiger partial charge in [-0.15, -0.1) is 0 Å². The van der Waals surface area contributed by atoms with Crippen molar-refractivity contribution in [2.75, 3.05) is 29.5 Å². The molecular weight excluding hydrogens is 390 g/mol. The monoisotopic (exact) mass is 413 g/mol. The van der Waals surface area contributed by atoms with Gasteiger partial charge >= 0.3 is 0 Å². The zero-order valence-corrected chi connectivity index (χ0v) is 17.4. The summed E-state index contributed by atoms with van der Waals surface area (Å²) < 4.78 is 11.2. The third kappa shape index (κ3) is 4.32. The molecule has 1 N–H and O–H groups in total. The fourth-order valence-electron chi connectivity index (χ4n) is 3.02. The van der Waals surface area contributed by atoms with E-state index >= 15 is 0 Å². The number of carbonyl (C=O) groups excluding carboxylic acids is 2. The second-order valence-electron chi connectivity index (χ2n) is 6.23. The van der Waals surface area contributed by atoms with E-state index in [0.717, 1.165) is 13.1 Å². The molecule has 1 fully saturated rings. The van der Waals surface area contributed by atoms with Gasteiger partial charge in [0.15, 0.2) is 11.0 Å². The number of carbonyl (C=O) groups is 2. The first kappa shape index (κ1) is 20.6. The lowest BCUT2D eigenvalue weighted by atomic mass is 10.1. The molecule has 2 aromatic rings. The summed E-state index contributed by atoms with van der Waals surface area (Å²) in [5.74, 6) is 0.729. The Kier molecular flexibility index (Phi) is 6.33. The van der Waals surface area contributed by atoms with Crippen molar-refractivity contribution in [1.29, 1.82) is 0 Å². The summed E-state index contributed by atoms with van der Waals surface area (Å²) in [7, 11) is 0. The third-order valence-electron chi connectivity index (χ3n) is 4.48. The molecule has 1 aliphatic rings. The number of anilines is 2.